The summed E-state index contributed by atoms with van der Waals surface area (Å²) in [6, 6.07) is 22.7. The zero-order valence-corrected chi connectivity index (χ0v) is 16.3. The van der Waals surface area contributed by atoms with Gasteiger partial charge in [-0.05, 0) is 36.4 Å². The molecule has 0 saturated carbocycles. The Morgan fingerprint density at radius 3 is 2.10 bits per heavy atom. The zero-order valence-electron chi connectivity index (χ0n) is 15.5. The molecule has 3 aromatic carbocycles. The van der Waals surface area contributed by atoms with Crippen LogP contribution in [0.3, 0.4) is 0 Å². The van der Waals surface area contributed by atoms with Gasteiger partial charge in [-0.1, -0.05) is 54.1 Å². The quantitative estimate of drug-likeness (QED) is 0.294. The van der Waals surface area contributed by atoms with Gasteiger partial charge in [-0.25, -0.2) is 4.79 Å². The van der Waals surface area contributed by atoms with E-state index in [-0.39, 0.29) is 25.6 Å². The summed E-state index contributed by atoms with van der Waals surface area (Å²) >= 11 is 5.97. The summed E-state index contributed by atoms with van der Waals surface area (Å²) in [7, 11) is 0. The van der Waals surface area contributed by atoms with Crippen LogP contribution < -0.4 is 9.47 Å². The van der Waals surface area contributed by atoms with E-state index < -0.39 is 5.97 Å². The molecule has 0 spiro atoms. The van der Waals surface area contributed by atoms with Crippen molar-refractivity contribution >= 4 is 23.4 Å². The molecule has 0 aliphatic heterocycles. The van der Waals surface area contributed by atoms with Gasteiger partial charge < -0.3 is 14.2 Å². The predicted molar refractivity (Wildman–Crippen MR) is 110 cm³/mol. The van der Waals surface area contributed by atoms with Crippen LogP contribution in [0.4, 0.5) is 0 Å². The van der Waals surface area contributed by atoms with E-state index in [4.69, 9.17) is 25.8 Å². The standard InChI is InChI=1S/C23H19ClO5/c24-20-8-4-5-9-21(20)27-14-15-28-22(25)16-29-19-12-10-18(11-13-19)23(26)17-6-2-1-3-7-17/h1-13H,14-16H2. The van der Waals surface area contributed by atoms with Gasteiger partial charge in [0.05, 0.1) is 5.02 Å². The van der Waals surface area contributed by atoms with Crippen LogP contribution in [0, 0.1) is 0 Å². The van der Waals surface area contributed by atoms with Crippen LogP contribution >= 0.6 is 11.6 Å². The van der Waals surface area contributed by atoms with E-state index in [9.17, 15) is 9.59 Å². The molecule has 0 aliphatic rings. The average Bonchev–Trinajstić information content (AvgIpc) is 2.77. The molecule has 0 aromatic heterocycles. The van der Waals surface area contributed by atoms with E-state index in [0.29, 0.717) is 27.6 Å². The first-order chi connectivity index (χ1) is 14.1. The Balaban J connectivity index is 1.40. The maximum Gasteiger partial charge on any atom is 0.344 e. The second-order valence-electron chi connectivity index (χ2n) is 6.01. The third kappa shape index (κ3) is 6.09. The summed E-state index contributed by atoms with van der Waals surface area (Å²) in [5.41, 5.74) is 1.16. The van der Waals surface area contributed by atoms with Crippen molar-refractivity contribution in [3.05, 3.63) is 95.0 Å². The smallest absolute Gasteiger partial charge is 0.344 e. The molecule has 29 heavy (non-hydrogen) atoms. The van der Waals surface area contributed by atoms with Gasteiger partial charge in [0.25, 0.3) is 0 Å². The summed E-state index contributed by atoms with van der Waals surface area (Å²) in [6.45, 7) is 0.0295. The van der Waals surface area contributed by atoms with Crippen molar-refractivity contribution in [3.63, 3.8) is 0 Å². The van der Waals surface area contributed by atoms with E-state index in [1.54, 1.807) is 60.7 Å². The number of para-hydroxylation sites is 1. The number of ketones is 1. The molecule has 0 fully saturated rings. The molecule has 148 valence electrons. The van der Waals surface area contributed by atoms with Gasteiger partial charge in [-0.2, -0.15) is 0 Å². The maximum absolute atomic E-state index is 12.4. The molecule has 0 N–H and O–H groups in total. The first-order valence-corrected chi connectivity index (χ1v) is 9.37. The fourth-order valence-electron chi connectivity index (χ4n) is 2.51. The van der Waals surface area contributed by atoms with Crippen molar-refractivity contribution in [1.82, 2.24) is 0 Å². The van der Waals surface area contributed by atoms with Crippen molar-refractivity contribution in [2.45, 2.75) is 0 Å². The lowest BCUT2D eigenvalue weighted by Gasteiger charge is -2.09. The Labute approximate surface area is 173 Å². The molecule has 5 nitrogen and oxygen atoms in total. The molecule has 0 unspecified atom stereocenters. The number of rotatable bonds is 9. The Morgan fingerprint density at radius 1 is 0.724 bits per heavy atom. The van der Waals surface area contributed by atoms with E-state index in [2.05, 4.69) is 0 Å². The summed E-state index contributed by atoms with van der Waals surface area (Å²) < 4.78 is 15.9. The topological polar surface area (TPSA) is 61.8 Å². The van der Waals surface area contributed by atoms with Crippen LogP contribution in [-0.2, 0) is 9.53 Å². The summed E-state index contributed by atoms with van der Waals surface area (Å²) in [5, 5.41) is 0.497. The first kappa shape index (κ1) is 20.4. The third-order valence-corrected chi connectivity index (χ3v) is 4.26. The van der Waals surface area contributed by atoms with Crippen molar-refractivity contribution < 1.29 is 23.8 Å². The molecule has 6 heteroatoms. The predicted octanol–water partition coefficient (Wildman–Crippen LogP) is 4.57. The van der Waals surface area contributed by atoms with Crippen LogP contribution in [0.1, 0.15) is 15.9 Å². The minimum atomic E-state index is -0.516. The largest absolute Gasteiger partial charge is 0.488 e. The van der Waals surface area contributed by atoms with Crippen molar-refractivity contribution in [2.75, 3.05) is 19.8 Å². The Kier molecular flexibility index (Phi) is 7.25. The molecule has 0 heterocycles. The highest BCUT2D eigenvalue weighted by molar-refractivity contribution is 6.32. The lowest BCUT2D eigenvalue weighted by Crippen LogP contribution is -2.18. The van der Waals surface area contributed by atoms with Crippen LogP contribution in [0.2, 0.25) is 5.02 Å². The molecule has 3 aromatic rings. The van der Waals surface area contributed by atoms with Gasteiger partial charge in [0.1, 0.15) is 24.7 Å². The van der Waals surface area contributed by atoms with Gasteiger partial charge >= 0.3 is 5.97 Å². The molecule has 3 rings (SSSR count). The minimum Gasteiger partial charge on any atom is -0.488 e. The van der Waals surface area contributed by atoms with Gasteiger partial charge in [0.2, 0.25) is 0 Å². The van der Waals surface area contributed by atoms with Gasteiger partial charge in [-0.15, -0.1) is 0 Å². The lowest BCUT2D eigenvalue weighted by molar-refractivity contribution is -0.146. The van der Waals surface area contributed by atoms with Crippen molar-refractivity contribution in [3.8, 4) is 11.5 Å². The van der Waals surface area contributed by atoms with Gasteiger partial charge in [-0.3, -0.25) is 4.79 Å². The number of ether oxygens (including phenoxy) is 3. The molecule has 0 bridgehead atoms. The van der Waals surface area contributed by atoms with Crippen LogP contribution in [-0.4, -0.2) is 31.6 Å². The van der Waals surface area contributed by atoms with Gasteiger partial charge in [0.15, 0.2) is 12.4 Å². The van der Waals surface area contributed by atoms with Crippen molar-refractivity contribution in [2.24, 2.45) is 0 Å². The summed E-state index contributed by atoms with van der Waals surface area (Å²) in [5.74, 6) is 0.415. The molecule has 0 radical (unpaired) electrons. The minimum absolute atomic E-state index is 0.0740. The second kappa shape index (κ2) is 10.3. The molecular formula is C23H19ClO5. The van der Waals surface area contributed by atoms with E-state index >= 15 is 0 Å². The monoisotopic (exact) mass is 410 g/mol. The van der Waals surface area contributed by atoms with E-state index in [1.807, 2.05) is 18.2 Å². The Hall–Kier alpha value is -3.31. The fraction of sp³-hybridized carbons (Fsp3) is 0.130. The fourth-order valence-corrected chi connectivity index (χ4v) is 2.70. The number of hydrogen-bond acceptors (Lipinski definition) is 5. The number of benzene rings is 3. The Morgan fingerprint density at radius 2 is 1.38 bits per heavy atom. The molecule has 0 saturated heterocycles. The molecular weight excluding hydrogens is 392 g/mol. The maximum atomic E-state index is 12.4. The SMILES string of the molecule is O=C(COc1ccc(C(=O)c2ccccc2)cc1)OCCOc1ccccc1Cl. The second-order valence-corrected chi connectivity index (χ2v) is 6.41. The molecule has 0 aliphatic carbocycles. The van der Waals surface area contributed by atoms with Crippen molar-refractivity contribution in [1.29, 1.82) is 0 Å². The summed E-state index contributed by atoms with van der Waals surface area (Å²) in [4.78, 5) is 24.1. The normalized spacial score (nSPS) is 10.2. The molecule has 0 atom stereocenters. The Bertz CT molecular complexity index is 955. The molecule has 0 amide bonds. The highest BCUT2D eigenvalue weighted by atomic mass is 35.5. The van der Waals surface area contributed by atoms with Crippen LogP contribution in [0.15, 0.2) is 78.9 Å². The highest BCUT2D eigenvalue weighted by Gasteiger charge is 2.09. The number of carbonyl (C=O) groups is 2. The van der Waals surface area contributed by atoms with Gasteiger partial charge in [0, 0.05) is 11.1 Å². The number of carbonyl (C=O) groups excluding carboxylic acids is 2. The van der Waals surface area contributed by atoms with Crippen LogP contribution in [0.25, 0.3) is 0 Å². The lowest BCUT2D eigenvalue weighted by atomic mass is 10.0. The highest BCUT2D eigenvalue weighted by Crippen LogP contribution is 2.22. The zero-order chi connectivity index (χ0) is 20.5. The number of hydrogen-bond donors (Lipinski definition) is 0. The number of esters is 1. The summed E-state index contributed by atoms with van der Waals surface area (Å²) in [6.07, 6.45) is 0. The van der Waals surface area contributed by atoms with Crippen LogP contribution in [0.5, 0.6) is 11.5 Å². The average molecular weight is 411 g/mol. The van der Waals surface area contributed by atoms with E-state index in [1.165, 1.54) is 0 Å². The number of halogens is 1. The third-order valence-electron chi connectivity index (χ3n) is 3.95. The van der Waals surface area contributed by atoms with E-state index in [0.717, 1.165) is 0 Å². The first-order valence-electron chi connectivity index (χ1n) is 8.99.